The minimum Gasteiger partial charge on any atom is -0.298 e. The summed E-state index contributed by atoms with van der Waals surface area (Å²) in [7, 11) is 1.81. The summed E-state index contributed by atoms with van der Waals surface area (Å²) in [5.74, 6) is 1.61. The van der Waals surface area contributed by atoms with Gasteiger partial charge in [0.05, 0.1) is 29.2 Å². The lowest BCUT2D eigenvalue weighted by Crippen LogP contribution is -2.31. The number of benzene rings is 1. The maximum Gasteiger partial charge on any atom is 0.261 e. The van der Waals surface area contributed by atoms with Crippen molar-refractivity contribution < 1.29 is 0 Å². The molecule has 0 amide bonds. The highest BCUT2D eigenvalue weighted by Gasteiger charge is 2.30. The largest absolute Gasteiger partial charge is 0.298 e. The number of hydrogen-bond acceptors (Lipinski definition) is 6. The highest BCUT2D eigenvalue weighted by molar-refractivity contribution is 5.77. The number of rotatable bonds is 3. The van der Waals surface area contributed by atoms with E-state index in [0.717, 1.165) is 47.9 Å². The summed E-state index contributed by atoms with van der Waals surface area (Å²) in [6.07, 6.45) is 2.01. The average Bonchev–Trinajstić information content (AvgIpc) is 3.32. The summed E-state index contributed by atoms with van der Waals surface area (Å²) >= 11 is 0. The summed E-state index contributed by atoms with van der Waals surface area (Å²) in [5.41, 5.74) is 2.41. The van der Waals surface area contributed by atoms with Gasteiger partial charge in [0.2, 0.25) is 0 Å². The van der Waals surface area contributed by atoms with Crippen LogP contribution in [0.5, 0.6) is 0 Å². The van der Waals surface area contributed by atoms with E-state index in [1.54, 1.807) is 9.08 Å². The predicted molar refractivity (Wildman–Crippen MR) is 105 cm³/mol. The van der Waals surface area contributed by atoms with Crippen molar-refractivity contribution in [2.75, 3.05) is 6.54 Å². The second kappa shape index (κ2) is 6.49. The van der Waals surface area contributed by atoms with Crippen molar-refractivity contribution in [1.82, 2.24) is 34.3 Å². The van der Waals surface area contributed by atoms with E-state index in [1.807, 2.05) is 50.4 Å². The highest BCUT2D eigenvalue weighted by Crippen LogP contribution is 2.31. The number of aromatic nitrogens is 6. The molecule has 0 saturated carbocycles. The van der Waals surface area contributed by atoms with Crippen LogP contribution in [0, 0.1) is 6.92 Å². The molecule has 28 heavy (non-hydrogen) atoms. The molecular weight excluding hydrogens is 354 g/mol. The van der Waals surface area contributed by atoms with Crippen LogP contribution in [0.15, 0.2) is 41.2 Å². The van der Waals surface area contributed by atoms with Crippen molar-refractivity contribution in [1.29, 1.82) is 0 Å². The Morgan fingerprint density at radius 3 is 2.89 bits per heavy atom. The van der Waals surface area contributed by atoms with Crippen LogP contribution in [0.4, 0.5) is 0 Å². The first-order chi connectivity index (χ1) is 13.6. The summed E-state index contributed by atoms with van der Waals surface area (Å²) in [4.78, 5) is 20.0. The molecule has 8 heteroatoms. The van der Waals surface area contributed by atoms with E-state index >= 15 is 0 Å². The van der Waals surface area contributed by atoms with Crippen molar-refractivity contribution in [2.45, 2.75) is 32.4 Å². The van der Waals surface area contributed by atoms with Gasteiger partial charge in [0.15, 0.2) is 11.5 Å². The Labute approximate surface area is 161 Å². The predicted octanol–water partition coefficient (Wildman–Crippen LogP) is 2.02. The second-order valence-electron chi connectivity index (χ2n) is 7.34. The summed E-state index contributed by atoms with van der Waals surface area (Å²) in [6.45, 7) is 3.50. The van der Waals surface area contributed by atoms with E-state index < -0.39 is 0 Å². The van der Waals surface area contributed by atoms with Crippen LogP contribution < -0.4 is 5.56 Å². The van der Waals surface area contributed by atoms with E-state index in [-0.39, 0.29) is 11.6 Å². The molecule has 3 aromatic heterocycles. The fraction of sp³-hybridized carbons (Fsp3) is 0.350. The summed E-state index contributed by atoms with van der Waals surface area (Å²) < 4.78 is 3.49. The molecule has 142 valence electrons. The zero-order valence-corrected chi connectivity index (χ0v) is 15.9. The topological polar surface area (TPSA) is 81.2 Å². The summed E-state index contributed by atoms with van der Waals surface area (Å²) in [6, 6.07) is 11.4. The van der Waals surface area contributed by atoms with Crippen molar-refractivity contribution >= 4 is 16.6 Å². The molecule has 5 rings (SSSR count). The van der Waals surface area contributed by atoms with Gasteiger partial charge >= 0.3 is 0 Å². The van der Waals surface area contributed by atoms with Gasteiger partial charge in [-0.15, -0.1) is 10.2 Å². The van der Waals surface area contributed by atoms with E-state index in [1.165, 1.54) is 0 Å². The van der Waals surface area contributed by atoms with Crippen LogP contribution in [0.2, 0.25) is 0 Å². The lowest BCUT2D eigenvalue weighted by molar-refractivity contribution is 0.227. The minimum atomic E-state index is -0.00216. The quantitative estimate of drug-likeness (QED) is 0.545. The van der Waals surface area contributed by atoms with Gasteiger partial charge in [-0.25, -0.2) is 4.98 Å². The smallest absolute Gasteiger partial charge is 0.261 e. The second-order valence-corrected chi connectivity index (χ2v) is 7.34. The highest BCUT2D eigenvalue weighted by atomic mass is 16.1. The molecule has 0 aliphatic carbocycles. The minimum absolute atomic E-state index is 0.00216. The monoisotopic (exact) mass is 375 g/mol. The molecule has 1 fully saturated rings. The number of hydrogen-bond donors (Lipinski definition) is 0. The maximum atomic E-state index is 12.8. The zero-order valence-electron chi connectivity index (χ0n) is 15.9. The Kier molecular flexibility index (Phi) is 3.94. The molecule has 0 spiro atoms. The normalized spacial score (nSPS) is 17.7. The lowest BCUT2D eigenvalue weighted by Gasteiger charge is -2.24. The molecule has 1 saturated heterocycles. The fourth-order valence-electron chi connectivity index (χ4n) is 4.05. The Morgan fingerprint density at radius 2 is 2.00 bits per heavy atom. The molecule has 8 nitrogen and oxygen atoms in total. The van der Waals surface area contributed by atoms with Crippen LogP contribution in [0.25, 0.3) is 16.6 Å². The molecule has 1 aliphatic heterocycles. The standard InChI is InChI=1S/C20H21N7O/c1-13-9-10-17-22-23-18(27(17)24-13)12-26-11-5-8-16(26)19-21-15-7-4-3-6-14(15)20(28)25(19)2/h3-4,6-7,9-10,16H,5,8,11-12H2,1-2H3. The Bertz CT molecular complexity index is 1240. The number of nitrogens with zero attached hydrogens (tertiary/aromatic N) is 7. The van der Waals surface area contributed by atoms with Crippen molar-refractivity contribution in [2.24, 2.45) is 7.05 Å². The number of para-hydroxylation sites is 1. The van der Waals surface area contributed by atoms with Crippen LogP contribution in [0.1, 0.15) is 36.2 Å². The first kappa shape index (κ1) is 17.0. The van der Waals surface area contributed by atoms with Gasteiger partial charge < -0.3 is 0 Å². The van der Waals surface area contributed by atoms with Crippen LogP contribution in [0.3, 0.4) is 0 Å². The molecular formula is C20H21N7O. The van der Waals surface area contributed by atoms with E-state index in [9.17, 15) is 4.79 Å². The van der Waals surface area contributed by atoms with Crippen molar-refractivity contribution in [3.8, 4) is 0 Å². The third-order valence-electron chi connectivity index (χ3n) is 5.48. The molecule has 0 bridgehead atoms. The zero-order chi connectivity index (χ0) is 19.3. The lowest BCUT2D eigenvalue weighted by atomic mass is 10.1. The Hall–Kier alpha value is -3.13. The van der Waals surface area contributed by atoms with Gasteiger partial charge in [-0.3, -0.25) is 14.3 Å². The molecule has 1 aliphatic rings. The van der Waals surface area contributed by atoms with Crippen molar-refractivity contribution in [3.63, 3.8) is 0 Å². The van der Waals surface area contributed by atoms with Crippen LogP contribution in [-0.4, -0.2) is 40.8 Å². The Morgan fingerprint density at radius 1 is 1.14 bits per heavy atom. The number of likely N-dealkylation sites (tertiary alicyclic amines) is 1. The van der Waals surface area contributed by atoms with E-state index in [2.05, 4.69) is 20.2 Å². The molecule has 4 heterocycles. The first-order valence-corrected chi connectivity index (χ1v) is 9.49. The fourth-order valence-corrected chi connectivity index (χ4v) is 4.05. The van der Waals surface area contributed by atoms with Crippen LogP contribution in [-0.2, 0) is 13.6 Å². The van der Waals surface area contributed by atoms with Gasteiger partial charge in [-0.2, -0.15) is 9.61 Å². The van der Waals surface area contributed by atoms with Gasteiger partial charge in [0, 0.05) is 7.05 Å². The Balaban J connectivity index is 1.54. The van der Waals surface area contributed by atoms with Gasteiger partial charge in [0.25, 0.3) is 5.56 Å². The molecule has 0 N–H and O–H groups in total. The third-order valence-corrected chi connectivity index (χ3v) is 5.48. The van der Waals surface area contributed by atoms with Crippen molar-refractivity contribution in [3.05, 3.63) is 64.1 Å². The molecule has 1 atom stereocenters. The third kappa shape index (κ3) is 2.68. The number of aryl methyl sites for hydroxylation is 1. The molecule has 4 aromatic rings. The molecule has 0 radical (unpaired) electrons. The van der Waals surface area contributed by atoms with Gasteiger partial charge in [0.1, 0.15) is 5.82 Å². The van der Waals surface area contributed by atoms with E-state index in [0.29, 0.717) is 11.9 Å². The maximum absolute atomic E-state index is 12.8. The van der Waals surface area contributed by atoms with Gasteiger partial charge in [-0.1, -0.05) is 12.1 Å². The van der Waals surface area contributed by atoms with E-state index in [4.69, 9.17) is 4.98 Å². The van der Waals surface area contributed by atoms with Gasteiger partial charge in [-0.05, 0) is 50.6 Å². The molecule has 1 aromatic carbocycles. The molecule has 1 unspecified atom stereocenters. The SMILES string of the molecule is Cc1ccc2nnc(CN3CCCC3c3nc4ccccc4c(=O)n3C)n2n1. The van der Waals surface area contributed by atoms with Crippen LogP contribution >= 0.6 is 0 Å². The average molecular weight is 375 g/mol. The summed E-state index contributed by atoms with van der Waals surface area (Å²) in [5, 5.41) is 13.8. The first-order valence-electron chi connectivity index (χ1n) is 9.49. The number of fused-ring (bicyclic) bond motifs is 2.